The Labute approximate surface area is 132 Å². The standard InChI is InChI=1S/C14H15ClN4OS/c1-10-2-4-11(5-3-10)21-14-17-12(15)16-13(18-14)19-6-8-20-9-7-19/h2-5H,6-9H2,1H3. The highest BCUT2D eigenvalue weighted by Gasteiger charge is 2.16. The van der Waals surface area contributed by atoms with E-state index >= 15 is 0 Å². The molecular weight excluding hydrogens is 308 g/mol. The van der Waals surface area contributed by atoms with Crippen LogP contribution in [0.1, 0.15) is 5.56 Å². The number of rotatable bonds is 3. The van der Waals surface area contributed by atoms with Gasteiger partial charge >= 0.3 is 0 Å². The summed E-state index contributed by atoms with van der Waals surface area (Å²) in [5, 5.41) is 0.835. The van der Waals surface area contributed by atoms with Crippen LogP contribution in [-0.4, -0.2) is 41.3 Å². The van der Waals surface area contributed by atoms with Crippen molar-refractivity contribution in [1.82, 2.24) is 15.0 Å². The summed E-state index contributed by atoms with van der Waals surface area (Å²) in [5.41, 5.74) is 1.22. The maximum absolute atomic E-state index is 6.03. The van der Waals surface area contributed by atoms with Crippen molar-refractivity contribution in [2.75, 3.05) is 31.2 Å². The number of ether oxygens (including phenoxy) is 1. The molecular formula is C14H15ClN4OS. The number of halogens is 1. The van der Waals surface area contributed by atoms with Crippen LogP contribution in [0.4, 0.5) is 5.95 Å². The normalized spacial score (nSPS) is 15.2. The summed E-state index contributed by atoms with van der Waals surface area (Å²) in [4.78, 5) is 16.1. The second-order valence-electron chi connectivity index (χ2n) is 4.70. The van der Waals surface area contributed by atoms with E-state index in [4.69, 9.17) is 16.3 Å². The average molecular weight is 323 g/mol. The Bertz CT molecular complexity index is 617. The van der Waals surface area contributed by atoms with Crippen LogP contribution in [0.2, 0.25) is 5.28 Å². The third-order valence-electron chi connectivity index (χ3n) is 3.10. The van der Waals surface area contributed by atoms with Gasteiger partial charge in [-0.2, -0.15) is 15.0 Å². The molecule has 21 heavy (non-hydrogen) atoms. The van der Waals surface area contributed by atoms with Gasteiger partial charge in [0.2, 0.25) is 11.2 Å². The van der Waals surface area contributed by atoms with Gasteiger partial charge in [-0.1, -0.05) is 17.7 Å². The molecule has 1 aliphatic heterocycles. The van der Waals surface area contributed by atoms with Crippen LogP contribution in [0, 0.1) is 6.92 Å². The molecule has 1 aromatic heterocycles. The molecule has 7 heteroatoms. The van der Waals surface area contributed by atoms with E-state index in [9.17, 15) is 0 Å². The quantitative estimate of drug-likeness (QED) is 0.866. The van der Waals surface area contributed by atoms with E-state index < -0.39 is 0 Å². The van der Waals surface area contributed by atoms with Crippen molar-refractivity contribution in [2.45, 2.75) is 17.0 Å². The predicted octanol–water partition coefficient (Wildman–Crippen LogP) is 2.82. The maximum atomic E-state index is 6.03. The first-order valence-electron chi connectivity index (χ1n) is 6.69. The molecule has 0 atom stereocenters. The zero-order valence-electron chi connectivity index (χ0n) is 11.6. The number of aromatic nitrogens is 3. The smallest absolute Gasteiger partial charge is 0.230 e. The van der Waals surface area contributed by atoms with Crippen LogP contribution in [0.25, 0.3) is 0 Å². The van der Waals surface area contributed by atoms with Gasteiger partial charge in [-0.15, -0.1) is 0 Å². The van der Waals surface area contributed by atoms with E-state index in [2.05, 4.69) is 38.9 Å². The molecule has 2 heterocycles. The fraction of sp³-hybridized carbons (Fsp3) is 0.357. The lowest BCUT2D eigenvalue weighted by Crippen LogP contribution is -2.37. The Balaban J connectivity index is 1.81. The molecule has 2 aromatic rings. The largest absolute Gasteiger partial charge is 0.378 e. The molecule has 0 aliphatic carbocycles. The average Bonchev–Trinajstić information content (AvgIpc) is 2.50. The highest BCUT2D eigenvalue weighted by atomic mass is 35.5. The van der Waals surface area contributed by atoms with E-state index in [0.29, 0.717) is 24.3 Å². The third-order valence-corrected chi connectivity index (χ3v) is 4.14. The zero-order chi connectivity index (χ0) is 14.7. The minimum atomic E-state index is 0.223. The molecule has 0 bridgehead atoms. The van der Waals surface area contributed by atoms with E-state index in [1.165, 1.54) is 17.3 Å². The first-order chi connectivity index (χ1) is 10.2. The topological polar surface area (TPSA) is 51.1 Å². The lowest BCUT2D eigenvalue weighted by molar-refractivity contribution is 0.122. The summed E-state index contributed by atoms with van der Waals surface area (Å²) in [7, 11) is 0. The van der Waals surface area contributed by atoms with Gasteiger partial charge in [-0.05, 0) is 42.4 Å². The predicted molar refractivity (Wildman–Crippen MR) is 83.2 cm³/mol. The minimum Gasteiger partial charge on any atom is -0.378 e. The van der Waals surface area contributed by atoms with Crippen LogP contribution in [0.5, 0.6) is 0 Å². The maximum Gasteiger partial charge on any atom is 0.230 e. The van der Waals surface area contributed by atoms with E-state index in [-0.39, 0.29) is 5.28 Å². The van der Waals surface area contributed by atoms with Gasteiger partial charge in [0.1, 0.15) is 0 Å². The highest BCUT2D eigenvalue weighted by Crippen LogP contribution is 2.27. The Morgan fingerprint density at radius 2 is 1.81 bits per heavy atom. The monoisotopic (exact) mass is 322 g/mol. The van der Waals surface area contributed by atoms with Crippen LogP contribution in [-0.2, 0) is 4.74 Å². The van der Waals surface area contributed by atoms with E-state index in [1.807, 2.05) is 12.1 Å². The Morgan fingerprint density at radius 3 is 2.52 bits per heavy atom. The van der Waals surface area contributed by atoms with Gasteiger partial charge in [-0.3, -0.25) is 0 Å². The zero-order valence-corrected chi connectivity index (χ0v) is 13.2. The lowest BCUT2D eigenvalue weighted by Gasteiger charge is -2.26. The van der Waals surface area contributed by atoms with Crippen molar-refractivity contribution in [2.24, 2.45) is 0 Å². The number of hydrogen-bond acceptors (Lipinski definition) is 6. The summed E-state index contributed by atoms with van der Waals surface area (Å²) >= 11 is 7.51. The van der Waals surface area contributed by atoms with E-state index in [0.717, 1.165) is 18.0 Å². The van der Waals surface area contributed by atoms with Crippen molar-refractivity contribution >= 4 is 29.3 Å². The number of nitrogens with zero attached hydrogens (tertiary/aromatic N) is 4. The molecule has 1 aliphatic rings. The second-order valence-corrected chi connectivity index (χ2v) is 6.08. The summed E-state index contributed by atoms with van der Waals surface area (Å²) in [6.45, 7) is 4.97. The van der Waals surface area contributed by atoms with Gasteiger partial charge in [0.25, 0.3) is 0 Å². The van der Waals surface area contributed by atoms with Crippen molar-refractivity contribution in [3.05, 3.63) is 35.1 Å². The molecule has 1 aromatic carbocycles. The fourth-order valence-corrected chi connectivity index (χ4v) is 2.93. The molecule has 1 fully saturated rings. The number of aryl methyl sites for hydroxylation is 1. The minimum absolute atomic E-state index is 0.223. The molecule has 0 N–H and O–H groups in total. The van der Waals surface area contributed by atoms with Gasteiger partial charge < -0.3 is 9.64 Å². The summed E-state index contributed by atoms with van der Waals surface area (Å²) in [6.07, 6.45) is 0. The van der Waals surface area contributed by atoms with Crippen LogP contribution in [0.15, 0.2) is 34.3 Å². The molecule has 0 radical (unpaired) electrons. The van der Waals surface area contributed by atoms with Gasteiger partial charge in [-0.25, -0.2) is 0 Å². The molecule has 0 spiro atoms. The Morgan fingerprint density at radius 1 is 1.10 bits per heavy atom. The Kier molecular flexibility index (Phi) is 4.57. The van der Waals surface area contributed by atoms with Crippen molar-refractivity contribution in [3.8, 4) is 0 Å². The number of benzene rings is 1. The van der Waals surface area contributed by atoms with Crippen LogP contribution >= 0.6 is 23.4 Å². The number of hydrogen-bond donors (Lipinski definition) is 0. The summed E-state index contributed by atoms with van der Waals surface area (Å²) in [6, 6.07) is 8.22. The van der Waals surface area contributed by atoms with Gasteiger partial charge in [0.05, 0.1) is 13.2 Å². The van der Waals surface area contributed by atoms with Crippen LogP contribution in [0.3, 0.4) is 0 Å². The molecule has 1 saturated heterocycles. The lowest BCUT2D eigenvalue weighted by atomic mass is 10.2. The van der Waals surface area contributed by atoms with Crippen molar-refractivity contribution in [1.29, 1.82) is 0 Å². The summed E-state index contributed by atoms with van der Waals surface area (Å²) < 4.78 is 5.34. The van der Waals surface area contributed by atoms with Crippen molar-refractivity contribution in [3.63, 3.8) is 0 Å². The van der Waals surface area contributed by atoms with Gasteiger partial charge in [0.15, 0.2) is 5.16 Å². The second kappa shape index (κ2) is 6.60. The highest BCUT2D eigenvalue weighted by molar-refractivity contribution is 7.99. The van der Waals surface area contributed by atoms with Gasteiger partial charge in [0, 0.05) is 18.0 Å². The number of anilines is 1. The molecule has 0 saturated carbocycles. The van der Waals surface area contributed by atoms with E-state index in [1.54, 1.807) is 0 Å². The molecule has 0 unspecified atom stereocenters. The summed E-state index contributed by atoms with van der Waals surface area (Å²) in [5.74, 6) is 0.618. The fourth-order valence-electron chi connectivity index (χ4n) is 1.98. The molecule has 5 nitrogen and oxygen atoms in total. The number of morpholine rings is 1. The van der Waals surface area contributed by atoms with Crippen molar-refractivity contribution < 1.29 is 4.74 Å². The first kappa shape index (κ1) is 14.6. The first-order valence-corrected chi connectivity index (χ1v) is 7.89. The molecule has 110 valence electrons. The molecule has 3 rings (SSSR count). The third kappa shape index (κ3) is 3.84. The van der Waals surface area contributed by atoms with Crippen LogP contribution < -0.4 is 4.90 Å². The Hall–Kier alpha value is -1.37. The molecule has 0 amide bonds. The SMILES string of the molecule is Cc1ccc(Sc2nc(Cl)nc(N3CCOCC3)n2)cc1.